The minimum absolute atomic E-state index is 0.245. The number of carbonyl (C=O) groups is 1. The summed E-state index contributed by atoms with van der Waals surface area (Å²) >= 11 is 0. The lowest BCUT2D eigenvalue weighted by molar-refractivity contribution is 0.0373. The Hall–Kier alpha value is -1.99. The molecule has 1 unspecified atom stereocenters. The summed E-state index contributed by atoms with van der Waals surface area (Å²) in [7, 11) is 3.11. The quantitative estimate of drug-likeness (QED) is 0.814. The van der Waals surface area contributed by atoms with Gasteiger partial charge in [-0.15, -0.1) is 0 Å². The van der Waals surface area contributed by atoms with Crippen molar-refractivity contribution in [2.24, 2.45) is 5.92 Å². The first-order valence-corrected chi connectivity index (χ1v) is 8.01. The molecular weight excluding hydrogens is 314 g/mol. The average Bonchev–Trinajstić information content (AvgIpc) is 2.61. The average molecular weight is 339 g/mol. The summed E-state index contributed by atoms with van der Waals surface area (Å²) in [5, 5.41) is 19.3. The van der Waals surface area contributed by atoms with Crippen LogP contribution in [-0.4, -0.2) is 61.8 Å². The van der Waals surface area contributed by atoms with Gasteiger partial charge in [-0.05, 0) is 36.6 Å². The van der Waals surface area contributed by atoms with Gasteiger partial charge in [-0.3, -0.25) is 0 Å². The summed E-state index contributed by atoms with van der Waals surface area (Å²) in [5.41, 5.74) is 1.84. The molecule has 0 saturated carbocycles. The molecule has 2 N–H and O–H groups in total. The molecule has 0 saturated heterocycles. The number of aliphatic hydroxyl groups excluding tert-OH is 2. The van der Waals surface area contributed by atoms with Crippen LogP contribution in [0.5, 0.6) is 11.5 Å². The van der Waals surface area contributed by atoms with E-state index in [1.807, 2.05) is 12.1 Å². The highest BCUT2D eigenvalue weighted by atomic mass is 16.6. The summed E-state index contributed by atoms with van der Waals surface area (Å²) in [6.07, 6.45) is 0.184. The fourth-order valence-corrected chi connectivity index (χ4v) is 3.15. The zero-order chi connectivity index (χ0) is 17.7. The topological polar surface area (TPSA) is 88.5 Å². The van der Waals surface area contributed by atoms with Crippen molar-refractivity contribution in [2.45, 2.75) is 19.4 Å². The van der Waals surface area contributed by atoms with Crippen molar-refractivity contribution in [2.75, 3.05) is 40.6 Å². The monoisotopic (exact) mass is 339 g/mol. The van der Waals surface area contributed by atoms with Gasteiger partial charge in [0.1, 0.15) is 0 Å². The van der Waals surface area contributed by atoms with E-state index in [9.17, 15) is 15.0 Å². The molecular formula is C17H25NO6. The van der Waals surface area contributed by atoms with Crippen LogP contribution in [-0.2, 0) is 11.2 Å². The van der Waals surface area contributed by atoms with E-state index in [2.05, 4.69) is 0 Å². The van der Waals surface area contributed by atoms with Crippen molar-refractivity contribution < 1.29 is 29.2 Å². The smallest absolute Gasteiger partial charge is 0.410 e. The maximum absolute atomic E-state index is 12.3. The van der Waals surface area contributed by atoms with Crippen LogP contribution in [0.25, 0.3) is 0 Å². The fraction of sp³-hybridized carbons (Fsp3) is 0.588. The van der Waals surface area contributed by atoms with E-state index in [4.69, 9.17) is 14.2 Å². The lowest BCUT2D eigenvalue weighted by atomic mass is 9.85. The van der Waals surface area contributed by atoms with Crippen molar-refractivity contribution in [1.29, 1.82) is 0 Å². The molecule has 1 amide bonds. The SMILES string of the molecule is CCOC(=O)N1CCc2cc(OC)c(OC)cc2C1C(CO)CO. The molecule has 7 heteroatoms. The molecule has 0 radical (unpaired) electrons. The summed E-state index contributed by atoms with van der Waals surface area (Å²) in [4.78, 5) is 13.9. The largest absolute Gasteiger partial charge is 0.493 e. The predicted octanol–water partition coefficient (Wildman–Crippen LogP) is 1.36. The summed E-state index contributed by atoms with van der Waals surface area (Å²) in [6.45, 7) is 1.97. The van der Waals surface area contributed by atoms with Gasteiger partial charge in [0.2, 0.25) is 0 Å². The van der Waals surface area contributed by atoms with Gasteiger partial charge < -0.3 is 29.3 Å². The second kappa shape index (κ2) is 8.21. The lowest BCUT2D eigenvalue weighted by Gasteiger charge is -2.40. The molecule has 1 aliphatic rings. The Morgan fingerprint density at radius 2 is 1.88 bits per heavy atom. The first kappa shape index (κ1) is 18.4. The van der Waals surface area contributed by atoms with Crippen molar-refractivity contribution in [1.82, 2.24) is 4.90 Å². The summed E-state index contributed by atoms with van der Waals surface area (Å²) in [6, 6.07) is 3.21. The summed E-state index contributed by atoms with van der Waals surface area (Å²) in [5.74, 6) is 0.650. The molecule has 0 aromatic heterocycles. The van der Waals surface area contributed by atoms with E-state index in [1.165, 1.54) is 0 Å². The van der Waals surface area contributed by atoms with E-state index in [1.54, 1.807) is 26.0 Å². The Kier molecular flexibility index (Phi) is 6.28. The number of benzene rings is 1. The number of aliphatic hydroxyl groups is 2. The van der Waals surface area contributed by atoms with E-state index >= 15 is 0 Å². The normalized spacial score (nSPS) is 16.8. The molecule has 1 atom stereocenters. The number of amides is 1. The van der Waals surface area contributed by atoms with Crippen molar-refractivity contribution in [3.8, 4) is 11.5 Å². The van der Waals surface area contributed by atoms with E-state index in [0.29, 0.717) is 24.5 Å². The third kappa shape index (κ3) is 3.42. The zero-order valence-electron chi connectivity index (χ0n) is 14.3. The third-order valence-corrected chi connectivity index (χ3v) is 4.34. The van der Waals surface area contributed by atoms with Crippen LogP contribution in [0, 0.1) is 5.92 Å². The number of ether oxygens (including phenoxy) is 3. The molecule has 1 heterocycles. The number of methoxy groups -OCH3 is 2. The van der Waals surface area contributed by atoms with Crippen LogP contribution in [0.2, 0.25) is 0 Å². The van der Waals surface area contributed by atoms with Gasteiger partial charge in [0.25, 0.3) is 0 Å². The predicted molar refractivity (Wildman–Crippen MR) is 87.4 cm³/mol. The van der Waals surface area contributed by atoms with Gasteiger partial charge >= 0.3 is 6.09 Å². The van der Waals surface area contributed by atoms with Crippen molar-refractivity contribution >= 4 is 6.09 Å². The molecule has 7 nitrogen and oxygen atoms in total. The maximum Gasteiger partial charge on any atom is 0.410 e. The lowest BCUT2D eigenvalue weighted by Crippen LogP contribution is -2.45. The minimum Gasteiger partial charge on any atom is -0.493 e. The van der Waals surface area contributed by atoms with E-state index < -0.39 is 18.1 Å². The Balaban J connectivity index is 2.51. The molecule has 24 heavy (non-hydrogen) atoms. The van der Waals surface area contributed by atoms with Gasteiger partial charge in [0.15, 0.2) is 11.5 Å². The standard InChI is InChI=1S/C17H25NO6/c1-4-24-17(21)18-6-5-11-7-14(22-2)15(23-3)8-13(11)16(18)12(9-19)10-20/h7-8,12,16,19-20H,4-6,9-10H2,1-3H3. The van der Waals surface area contributed by atoms with Crippen molar-refractivity contribution in [3.63, 3.8) is 0 Å². The van der Waals surface area contributed by atoms with Crippen LogP contribution in [0.15, 0.2) is 12.1 Å². The van der Waals surface area contributed by atoms with Crippen LogP contribution >= 0.6 is 0 Å². The summed E-state index contributed by atoms with van der Waals surface area (Å²) < 4.78 is 15.8. The van der Waals surface area contributed by atoms with E-state index in [0.717, 1.165) is 11.1 Å². The first-order valence-electron chi connectivity index (χ1n) is 8.01. The van der Waals surface area contributed by atoms with Crippen LogP contribution in [0.4, 0.5) is 4.79 Å². The second-order valence-electron chi connectivity index (χ2n) is 5.62. The number of fused-ring (bicyclic) bond motifs is 1. The van der Waals surface area contributed by atoms with Gasteiger partial charge in [0.05, 0.1) is 40.1 Å². The Labute approximate surface area is 141 Å². The van der Waals surface area contributed by atoms with Gasteiger partial charge in [-0.1, -0.05) is 0 Å². The number of rotatable bonds is 6. The Bertz CT molecular complexity index is 572. The molecule has 0 fully saturated rings. The number of carbonyl (C=O) groups excluding carboxylic acids is 1. The van der Waals surface area contributed by atoms with Gasteiger partial charge in [0, 0.05) is 12.5 Å². The molecule has 1 aromatic carbocycles. The molecule has 2 rings (SSSR count). The maximum atomic E-state index is 12.3. The molecule has 0 bridgehead atoms. The highest BCUT2D eigenvalue weighted by Gasteiger charge is 2.37. The fourth-order valence-electron chi connectivity index (χ4n) is 3.15. The Morgan fingerprint density at radius 1 is 1.25 bits per heavy atom. The zero-order valence-corrected chi connectivity index (χ0v) is 14.3. The number of hydrogen-bond donors (Lipinski definition) is 2. The van der Waals surface area contributed by atoms with Gasteiger partial charge in [-0.2, -0.15) is 0 Å². The highest BCUT2D eigenvalue weighted by Crippen LogP contribution is 2.41. The van der Waals surface area contributed by atoms with Gasteiger partial charge in [-0.25, -0.2) is 4.79 Å². The Morgan fingerprint density at radius 3 is 2.42 bits per heavy atom. The van der Waals surface area contributed by atoms with Crippen LogP contribution < -0.4 is 9.47 Å². The minimum atomic E-state index is -0.508. The second-order valence-corrected chi connectivity index (χ2v) is 5.62. The van der Waals surface area contributed by atoms with E-state index in [-0.39, 0.29) is 19.8 Å². The molecule has 1 aliphatic heterocycles. The van der Waals surface area contributed by atoms with Crippen LogP contribution in [0.3, 0.4) is 0 Å². The molecule has 0 spiro atoms. The van der Waals surface area contributed by atoms with Crippen molar-refractivity contribution in [3.05, 3.63) is 23.3 Å². The number of hydrogen-bond acceptors (Lipinski definition) is 6. The molecule has 134 valence electrons. The first-order chi connectivity index (χ1) is 11.6. The van der Waals surface area contributed by atoms with Crippen LogP contribution in [0.1, 0.15) is 24.1 Å². The molecule has 1 aromatic rings. The third-order valence-electron chi connectivity index (χ3n) is 4.34. The number of nitrogens with zero attached hydrogens (tertiary/aromatic N) is 1. The molecule has 0 aliphatic carbocycles. The highest BCUT2D eigenvalue weighted by molar-refractivity contribution is 5.69.